The van der Waals surface area contributed by atoms with Crippen molar-refractivity contribution in [3.63, 3.8) is 0 Å². The molecule has 0 bridgehead atoms. The number of hydrogen-bond donors (Lipinski definition) is 32. The van der Waals surface area contributed by atoms with Crippen LogP contribution in [0.15, 0.2) is 0 Å². The molecule has 0 aromatic carbocycles. The van der Waals surface area contributed by atoms with Crippen LogP contribution in [0.4, 0.5) is 0 Å². The van der Waals surface area contributed by atoms with Gasteiger partial charge in [-0.25, -0.2) is 9.59 Å². The molecule has 9 fully saturated rings. The van der Waals surface area contributed by atoms with Crippen LogP contribution in [0.25, 0.3) is 0 Å². The number of carboxylic acids is 2. The van der Waals surface area contributed by atoms with E-state index in [9.17, 15) is 172 Å². The maximum Gasteiger partial charge on any atom is 0.364 e. The summed E-state index contributed by atoms with van der Waals surface area (Å²) in [7, 11) is 0. The summed E-state index contributed by atoms with van der Waals surface area (Å²) in [5.74, 6) is -14.5. The van der Waals surface area contributed by atoms with E-state index in [1.807, 2.05) is 0 Å². The van der Waals surface area contributed by atoms with Gasteiger partial charge in [0.05, 0.1) is 83.3 Å². The molecule has 47 atom stereocenters. The van der Waals surface area contributed by atoms with E-state index >= 15 is 0 Å². The second-order valence-electron chi connectivity index (χ2n) is 31.0. The van der Waals surface area contributed by atoms with Crippen molar-refractivity contribution < 1.29 is 252 Å². The largest absolute Gasteiger partial charge is 0.477 e. The Hall–Kier alpha value is -4.90. The number of carbonyl (C=O) groups is 6. The summed E-state index contributed by atoms with van der Waals surface area (Å²) in [6.07, 6.45) is -93.3. The van der Waals surface area contributed by atoms with Crippen LogP contribution in [0.3, 0.4) is 0 Å². The summed E-state index contributed by atoms with van der Waals surface area (Å²) < 4.78 is 100. The van der Waals surface area contributed by atoms with E-state index in [2.05, 4.69) is 21.3 Å². The average Bonchev–Trinajstić information content (AvgIpc) is 0.753. The molecule has 9 aliphatic rings. The predicted molar refractivity (Wildman–Crippen MR) is 376 cm³/mol. The Balaban J connectivity index is 1.02. The normalized spacial score (nSPS) is 46.6. The molecule has 0 aromatic heterocycles. The molecule has 0 aliphatic carbocycles. The SMILES string of the molecule is CC(=O)N[C@H]1[C@H](OC[C@H]2O[C@@H](O[C@H]3[C@H](O)[C@@H](O)C(O)O[C@@H]3CO)[C@H](O)[C@@H](O[C@@H]3O[C@H](CO)[C@@H](O[C@@H]4O[C@H](CO)[C@H](O)[C@H](O[C@]5(C(=O)O)C[C@H](O)[C@@H](NC(C)=O)[C@H]([C@H](O)[C@H](O)CO)O5)[C@H]4O)[C@H](O[C@@H]4O[C@@H](C)[C@@H](O)[C@@H](O)[C@@H]4O)[C@H]3NC(C)=O)[C@H]2O)O[C@H](CO)[C@@H](O[C@@H]2O[C@H](CO[C@]3(C(=O)O)C[C@H](O)[C@@H](NC(C)=O)[C@H]([C@H](O)[C@H](O)CO)O3)[C@H](O)[C@H](O)[C@H]2O)[C@@H]1O. The van der Waals surface area contributed by atoms with E-state index in [1.54, 1.807) is 0 Å². The Labute approximate surface area is 694 Å². The Morgan fingerprint density at radius 2 is 0.740 bits per heavy atom. The topological polar surface area (TPSA) is 874 Å². The molecule has 1 unspecified atom stereocenters. The van der Waals surface area contributed by atoms with Crippen molar-refractivity contribution in [2.24, 2.45) is 0 Å². The molecule has 55 nitrogen and oxygen atoms in total. The number of aliphatic carboxylic acids is 2. The Morgan fingerprint density at radius 3 is 1.24 bits per heavy atom. The summed E-state index contributed by atoms with van der Waals surface area (Å²) in [4.78, 5) is 77.6. The summed E-state index contributed by atoms with van der Waals surface area (Å²) in [5, 5.41) is 320. The fourth-order valence-corrected chi connectivity index (χ4v) is 15.7. The maximum absolute atomic E-state index is 13.7. The highest BCUT2D eigenvalue weighted by Crippen LogP contribution is 2.43. The quantitative estimate of drug-likeness (QED) is 0.0284. The fourth-order valence-electron chi connectivity index (χ4n) is 15.7. The van der Waals surface area contributed by atoms with Crippen molar-refractivity contribution in [1.29, 1.82) is 0 Å². The highest BCUT2D eigenvalue weighted by molar-refractivity contribution is 5.78. The van der Waals surface area contributed by atoms with Crippen LogP contribution >= 0.6 is 0 Å². The molecular weight excluding hydrogens is 1690 g/mol. The van der Waals surface area contributed by atoms with Crippen LogP contribution in [0.5, 0.6) is 0 Å². The van der Waals surface area contributed by atoms with Crippen molar-refractivity contribution in [1.82, 2.24) is 21.3 Å². The third-order valence-corrected chi connectivity index (χ3v) is 22.3. The van der Waals surface area contributed by atoms with Gasteiger partial charge in [0, 0.05) is 40.5 Å². The maximum atomic E-state index is 13.7. The van der Waals surface area contributed by atoms with Gasteiger partial charge in [0.2, 0.25) is 23.6 Å². The van der Waals surface area contributed by atoms with Gasteiger partial charge in [0.1, 0.15) is 201 Å². The number of carboxylic acid groups (broad SMARTS) is 2. The summed E-state index contributed by atoms with van der Waals surface area (Å²) in [6, 6.07) is -7.63. The van der Waals surface area contributed by atoms with Crippen molar-refractivity contribution >= 4 is 35.6 Å². The van der Waals surface area contributed by atoms with Gasteiger partial charge in [0.15, 0.2) is 44.0 Å². The van der Waals surface area contributed by atoms with Crippen molar-refractivity contribution in [3.05, 3.63) is 0 Å². The van der Waals surface area contributed by atoms with Crippen LogP contribution in [0.2, 0.25) is 0 Å². The molecular formula is C68H112N4O51. The molecule has 9 aliphatic heterocycles. The molecule has 0 radical (unpaired) electrons. The van der Waals surface area contributed by atoms with Crippen molar-refractivity contribution in [2.45, 2.75) is 335 Å². The number of hydrogen-bond acceptors (Lipinski definition) is 49. The molecule has 9 rings (SSSR count). The Morgan fingerprint density at radius 1 is 0.358 bits per heavy atom. The molecule has 0 aromatic rings. The molecule has 0 saturated carbocycles. The minimum Gasteiger partial charge on any atom is -0.477 e. The lowest BCUT2D eigenvalue weighted by Gasteiger charge is -2.52. The first-order chi connectivity index (χ1) is 57.8. The third kappa shape index (κ3) is 22.4. The molecule has 9 saturated heterocycles. The molecule has 4 amide bonds. The van der Waals surface area contributed by atoms with Crippen LogP contribution < -0.4 is 21.3 Å². The number of nitrogens with one attached hydrogen (secondary N) is 4. The van der Waals surface area contributed by atoms with Crippen LogP contribution in [0, 0.1) is 0 Å². The van der Waals surface area contributed by atoms with E-state index in [0.717, 1.165) is 27.7 Å². The minimum absolute atomic E-state index is 0.842. The summed E-state index contributed by atoms with van der Waals surface area (Å²) in [5.41, 5.74) is 0. The van der Waals surface area contributed by atoms with E-state index in [0.29, 0.717) is 0 Å². The van der Waals surface area contributed by atoms with Crippen LogP contribution in [0.1, 0.15) is 47.5 Å². The van der Waals surface area contributed by atoms with E-state index in [-0.39, 0.29) is 0 Å². The molecule has 32 N–H and O–H groups in total. The first-order valence-electron chi connectivity index (χ1n) is 38.7. The lowest BCUT2D eigenvalue weighted by atomic mass is 9.88. The standard InChI is InChI=1S/C68H112N4O51/c1-16-35(87)42(94)46(98)61(109-16)119-55-34(72-20(5)82)60(113-28(13-78)52(55)118-64-49(101)57(39(91)25(10-75)111-64)123-68(66(105)106)7-22(84)32(70-18(3)80)54(122-68)37(89)24(86)9-74)120-56-40(92)29(114-63(48(56)100)117-51-26(11-76)110-58(102)45(97)44(51)96)14-107-59-33(71-19(4)81)41(93)50(27(12-77)112-59)116-62-47(99)43(95)38(90)30(115-62)15-108-67(65(103)104)6-21(83)31(69-17(2)79)53(121-67)36(88)23(85)8-73/h16,21-64,73-78,83-102H,6-15H2,1-5H3,(H,69,79)(H,70,80)(H,71,81)(H,72,82)(H,103,104)(H,105,106)/t16-,21-,22-,23+,24+,25+,26+,27+,28+,29+,30+,31+,32+,33+,34+,35+,36+,37+,38-,39-,40-,41+,42+,43-,44+,45+,46-,47+,48+,49+,50+,51+,52+,53+,54+,55+,56-,57-,58?,59+,60-,61-,62-,63-,64-,67+,68-/m0/s1. The second kappa shape index (κ2) is 43.2. The molecule has 55 heteroatoms. The molecule has 0 spiro atoms. The second-order valence-corrected chi connectivity index (χ2v) is 31.0. The highest BCUT2D eigenvalue weighted by Gasteiger charge is 2.64. The monoisotopic (exact) mass is 1800 g/mol. The van der Waals surface area contributed by atoms with Crippen LogP contribution in [-0.4, -0.2) is 519 Å². The van der Waals surface area contributed by atoms with Gasteiger partial charge in [-0.05, 0) is 6.92 Å². The Kier molecular flexibility index (Phi) is 35.8. The Bertz CT molecular complexity index is 3430. The molecule has 123 heavy (non-hydrogen) atoms. The van der Waals surface area contributed by atoms with Gasteiger partial charge >= 0.3 is 11.9 Å². The van der Waals surface area contributed by atoms with Gasteiger partial charge < -0.3 is 245 Å². The number of aliphatic hydroxyl groups excluding tert-OH is 26. The lowest BCUT2D eigenvalue weighted by Crippen LogP contribution is -2.72. The summed E-state index contributed by atoms with van der Waals surface area (Å²) >= 11 is 0. The number of ether oxygens (including phenoxy) is 17. The minimum atomic E-state index is -3.37. The number of aliphatic hydroxyl groups is 26. The number of amides is 4. The van der Waals surface area contributed by atoms with Gasteiger partial charge in [-0.15, -0.1) is 0 Å². The van der Waals surface area contributed by atoms with Crippen molar-refractivity contribution in [3.8, 4) is 0 Å². The zero-order valence-corrected chi connectivity index (χ0v) is 66.0. The first-order valence-corrected chi connectivity index (χ1v) is 38.7. The third-order valence-electron chi connectivity index (χ3n) is 22.3. The lowest BCUT2D eigenvalue weighted by molar-refractivity contribution is -0.400. The predicted octanol–water partition coefficient (Wildman–Crippen LogP) is -20.6. The fraction of sp³-hybridized carbons (Fsp3) is 0.912. The van der Waals surface area contributed by atoms with Crippen molar-refractivity contribution in [2.75, 3.05) is 52.9 Å². The summed E-state index contributed by atoms with van der Waals surface area (Å²) in [6.45, 7) is -4.98. The first kappa shape index (κ1) is 102. The van der Waals surface area contributed by atoms with Gasteiger partial charge in [-0.1, -0.05) is 0 Å². The van der Waals surface area contributed by atoms with Gasteiger partial charge in [-0.2, -0.15) is 0 Å². The van der Waals surface area contributed by atoms with E-state index < -0.39 is 389 Å². The highest BCUT2D eigenvalue weighted by atomic mass is 16.8. The van der Waals surface area contributed by atoms with E-state index in [1.165, 1.54) is 6.92 Å². The number of carbonyl (C=O) groups excluding carboxylic acids is 4. The zero-order chi connectivity index (χ0) is 91.4. The number of rotatable bonds is 34. The smallest absolute Gasteiger partial charge is 0.364 e. The average molecular weight is 1800 g/mol. The van der Waals surface area contributed by atoms with Gasteiger partial charge in [0.25, 0.3) is 11.6 Å². The molecule has 9 heterocycles. The zero-order valence-electron chi connectivity index (χ0n) is 66.0. The van der Waals surface area contributed by atoms with Gasteiger partial charge in [-0.3, -0.25) is 19.2 Å². The van der Waals surface area contributed by atoms with Crippen LogP contribution in [-0.2, 0) is 109 Å². The molecule has 710 valence electrons. The van der Waals surface area contributed by atoms with E-state index in [4.69, 9.17) is 80.5 Å².